The maximum absolute atomic E-state index is 13.6. The molecule has 0 amide bonds. The summed E-state index contributed by atoms with van der Waals surface area (Å²) in [6.45, 7) is -0.316. The first-order chi connectivity index (χ1) is 15.5. The maximum atomic E-state index is 13.6. The van der Waals surface area contributed by atoms with E-state index in [0.717, 1.165) is 0 Å². The fourth-order valence-electron chi connectivity index (χ4n) is 3.29. The molecule has 1 atom stereocenters. The third-order valence-electron chi connectivity index (χ3n) is 4.78. The quantitative estimate of drug-likeness (QED) is 0.182. The Morgan fingerprint density at radius 3 is 1.67 bits per heavy atom. The molecule has 0 radical (unpaired) electrons. The molecule has 0 N–H and O–H groups in total. The van der Waals surface area contributed by atoms with Crippen LogP contribution < -0.4 is 0 Å². The van der Waals surface area contributed by atoms with Gasteiger partial charge in [0.15, 0.2) is 5.78 Å². The number of Topliss-reactive ketones (excluding diaryl/α,β-unsaturated/α-hetero) is 1. The van der Waals surface area contributed by atoms with Crippen LogP contribution in [0.1, 0.15) is 38.5 Å². The second kappa shape index (κ2) is 9.48. The molecule has 3 aromatic rings. The summed E-state index contributed by atoms with van der Waals surface area (Å²) in [6, 6.07) is 16.4. The van der Waals surface area contributed by atoms with Gasteiger partial charge in [-0.1, -0.05) is 66.7 Å². The molecule has 9 heteroatoms. The first-order valence-electron chi connectivity index (χ1n) is 9.57. The number of halogens is 6. The average molecular weight is 466 g/mol. The lowest BCUT2D eigenvalue weighted by Gasteiger charge is -2.21. The summed E-state index contributed by atoms with van der Waals surface area (Å²) in [5.74, 6) is -4.95. The molecule has 0 fully saturated rings. The number of benzene rings is 3. The highest BCUT2D eigenvalue weighted by Crippen LogP contribution is 2.41. The van der Waals surface area contributed by atoms with E-state index in [0.29, 0.717) is 23.8 Å². The fourth-order valence-corrected chi connectivity index (χ4v) is 3.29. The average Bonchev–Trinajstić information content (AvgIpc) is 2.77. The van der Waals surface area contributed by atoms with Crippen molar-refractivity contribution in [1.82, 2.24) is 0 Å². The van der Waals surface area contributed by atoms with Crippen LogP contribution in [0.25, 0.3) is 0 Å². The zero-order valence-corrected chi connectivity index (χ0v) is 16.8. The molecular formula is C24H16F6O3. The highest BCUT2D eigenvalue weighted by molar-refractivity contribution is 6.14. The van der Waals surface area contributed by atoms with E-state index in [1.54, 1.807) is 30.3 Å². The Labute approximate surface area is 184 Å². The van der Waals surface area contributed by atoms with Gasteiger partial charge in [-0.05, 0) is 23.3 Å². The Balaban J connectivity index is 2.10. The van der Waals surface area contributed by atoms with Crippen molar-refractivity contribution in [3.05, 3.63) is 107 Å². The van der Waals surface area contributed by atoms with Crippen LogP contribution in [-0.2, 0) is 28.5 Å². The zero-order valence-electron chi connectivity index (χ0n) is 16.8. The van der Waals surface area contributed by atoms with Crippen molar-refractivity contribution < 1.29 is 40.7 Å². The molecule has 172 valence electrons. The lowest BCUT2D eigenvalue weighted by Crippen LogP contribution is -2.29. The Bertz CT molecular complexity index is 1090. The van der Waals surface area contributed by atoms with Gasteiger partial charge >= 0.3 is 18.3 Å². The van der Waals surface area contributed by atoms with Gasteiger partial charge in [0.25, 0.3) is 0 Å². The van der Waals surface area contributed by atoms with Crippen molar-refractivity contribution in [1.29, 1.82) is 0 Å². The van der Waals surface area contributed by atoms with E-state index in [4.69, 9.17) is 4.74 Å². The topological polar surface area (TPSA) is 43.4 Å². The minimum Gasteiger partial charge on any atom is -0.460 e. The normalized spacial score (nSPS) is 12.8. The molecule has 3 aromatic carbocycles. The third-order valence-corrected chi connectivity index (χ3v) is 4.78. The summed E-state index contributed by atoms with van der Waals surface area (Å²) in [5, 5.41) is 0. The zero-order chi connectivity index (χ0) is 24.2. The fraction of sp³-hybridized carbons (Fsp3) is 0.167. The summed E-state index contributed by atoms with van der Waals surface area (Å²) in [6.07, 6.45) is -10.5. The van der Waals surface area contributed by atoms with Gasteiger partial charge in [-0.15, -0.1) is 0 Å². The number of ether oxygens (including phenoxy) is 1. The van der Waals surface area contributed by atoms with Crippen molar-refractivity contribution in [2.45, 2.75) is 24.9 Å². The number of alkyl halides is 6. The van der Waals surface area contributed by atoms with Crippen LogP contribution in [-0.4, -0.2) is 11.8 Å². The van der Waals surface area contributed by atoms with Gasteiger partial charge in [0.2, 0.25) is 0 Å². The molecule has 0 saturated carbocycles. The van der Waals surface area contributed by atoms with Crippen molar-refractivity contribution in [2.24, 2.45) is 0 Å². The second-order valence-corrected chi connectivity index (χ2v) is 7.02. The van der Waals surface area contributed by atoms with Gasteiger partial charge < -0.3 is 4.74 Å². The second-order valence-electron chi connectivity index (χ2n) is 7.02. The van der Waals surface area contributed by atoms with Crippen LogP contribution in [0.3, 0.4) is 0 Å². The van der Waals surface area contributed by atoms with Gasteiger partial charge in [-0.3, -0.25) is 9.59 Å². The minimum absolute atomic E-state index is 0.0920. The number of carbonyl (C=O) groups excluding carboxylic acids is 2. The van der Waals surface area contributed by atoms with E-state index >= 15 is 0 Å². The standard InChI is InChI=1S/C24H16F6O3/c25-23(26,27)17-12-7-13-18(24(28,29)30)20(17)21(31)19(16-10-5-2-6-11-16)22(32)33-14-15-8-3-1-4-9-15/h1-13,19H,14H2. The van der Waals surface area contributed by atoms with Crippen LogP contribution in [0.4, 0.5) is 26.3 Å². The van der Waals surface area contributed by atoms with E-state index in [1.807, 2.05) is 0 Å². The van der Waals surface area contributed by atoms with Crippen LogP contribution in [0.5, 0.6) is 0 Å². The van der Waals surface area contributed by atoms with Crippen LogP contribution in [0.15, 0.2) is 78.9 Å². The van der Waals surface area contributed by atoms with E-state index < -0.39 is 46.7 Å². The molecule has 0 aliphatic heterocycles. The van der Waals surface area contributed by atoms with Gasteiger partial charge in [-0.2, -0.15) is 26.3 Å². The largest absolute Gasteiger partial charge is 0.460 e. The highest BCUT2D eigenvalue weighted by atomic mass is 19.4. The molecule has 3 rings (SSSR count). The molecule has 0 aliphatic carbocycles. The van der Waals surface area contributed by atoms with Gasteiger partial charge in [0, 0.05) is 5.56 Å². The smallest absolute Gasteiger partial charge is 0.417 e. The molecule has 0 bridgehead atoms. The summed E-state index contributed by atoms with van der Waals surface area (Å²) < 4.78 is 86.6. The Hall–Kier alpha value is -3.62. The lowest BCUT2D eigenvalue weighted by molar-refractivity contribution is -0.147. The van der Waals surface area contributed by atoms with E-state index in [1.165, 1.54) is 30.3 Å². The summed E-state index contributed by atoms with van der Waals surface area (Å²) in [7, 11) is 0. The summed E-state index contributed by atoms with van der Waals surface area (Å²) in [4.78, 5) is 26.1. The molecule has 3 nitrogen and oxygen atoms in total. The summed E-state index contributed by atoms with van der Waals surface area (Å²) >= 11 is 0. The first kappa shape index (κ1) is 24.0. The van der Waals surface area contributed by atoms with Gasteiger partial charge in [-0.25, -0.2) is 0 Å². The Kier molecular flexibility index (Phi) is 6.90. The van der Waals surface area contributed by atoms with Crippen molar-refractivity contribution in [3.8, 4) is 0 Å². The van der Waals surface area contributed by atoms with E-state index in [-0.39, 0.29) is 12.2 Å². The molecular weight excluding hydrogens is 450 g/mol. The van der Waals surface area contributed by atoms with Crippen LogP contribution in [0.2, 0.25) is 0 Å². The number of hydrogen-bond donors (Lipinski definition) is 0. The van der Waals surface area contributed by atoms with Crippen molar-refractivity contribution >= 4 is 11.8 Å². The highest BCUT2D eigenvalue weighted by Gasteiger charge is 2.45. The number of rotatable bonds is 6. The molecule has 0 aliphatic rings. The molecule has 0 heterocycles. The SMILES string of the molecule is O=C(OCc1ccccc1)C(C(=O)c1c(C(F)(F)F)cccc1C(F)(F)F)c1ccccc1. The summed E-state index contributed by atoms with van der Waals surface area (Å²) in [5.41, 5.74) is -4.75. The third kappa shape index (κ3) is 5.60. The van der Waals surface area contributed by atoms with Gasteiger partial charge in [0.05, 0.1) is 11.1 Å². The van der Waals surface area contributed by atoms with E-state index in [9.17, 15) is 35.9 Å². The number of carbonyl (C=O) groups is 2. The Morgan fingerprint density at radius 1 is 0.697 bits per heavy atom. The molecule has 33 heavy (non-hydrogen) atoms. The van der Waals surface area contributed by atoms with Gasteiger partial charge in [0.1, 0.15) is 12.5 Å². The molecule has 0 saturated heterocycles. The number of esters is 1. The predicted molar refractivity (Wildman–Crippen MR) is 106 cm³/mol. The predicted octanol–water partition coefficient (Wildman–Crippen LogP) is 6.43. The van der Waals surface area contributed by atoms with Crippen molar-refractivity contribution in [3.63, 3.8) is 0 Å². The lowest BCUT2D eigenvalue weighted by atomic mass is 9.85. The monoisotopic (exact) mass is 466 g/mol. The maximum Gasteiger partial charge on any atom is 0.417 e. The Morgan fingerprint density at radius 2 is 1.18 bits per heavy atom. The molecule has 1 unspecified atom stereocenters. The minimum atomic E-state index is -5.26. The molecule has 0 aromatic heterocycles. The molecule has 0 spiro atoms. The van der Waals surface area contributed by atoms with Crippen LogP contribution in [0, 0.1) is 0 Å². The number of ketones is 1. The van der Waals surface area contributed by atoms with E-state index in [2.05, 4.69) is 0 Å². The van der Waals surface area contributed by atoms with Crippen molar-refractivity contribution in [2.75, 3.05) is 0 Å². The number of hydrogen-bond acceptors (Lipinski definition) is 3. The van der Waals surface area contributed by atoms with Crippen LogP contribution >= 0.6 is 0 Å². The first-order valence-corrected chi connectivity index (χ1v) is 9.57.